The first kappa shape index (κ1) is 11.4. The van der Waals surface area contributed by atoms with Crippen molar-refractivity contribution in [1.82, 2.24) is 5.32 Å². The third-order valence-corrected chi connectivity index (χ3v) is 3.24. The zero-order chi connectivity index (χ0) is 11.4. The molecule has 1 N–H and O–H groups in total. The Kier molecular flexibility index (Phi) is 3.79. The predicted octanol–water partition coefficient (Wildman–Crippen LogP) is 3.48. The summed E-state index contributed by atoms with van der Waals surface area (Å²) >= 11 is 0. The zero-order valence-electron chi connectivity index (χ0n) is 10.2. The molecule has 16 heavy (non-hydrogen) atoms. The topological polar surface area (TPSA) is 12.0 Å². The predicted molar refractivity (Wildman–Crippen MR) is 70.3 cm³/mol. The van der Waals surface area contributed by atoms with Gasteiger partial charge in [-0.05, 0) is 38.2 Å². The molecule has 1 aliphatic carbocycles. The van der Waals surface area contributed by atoms with Crippen LogP contribution in [-0.2, 0) is 0 Å². The summed E-state index contributed by atoms with van der Waals surface area (Å²) in [6, 6.07) is 11.2. The van der Waals surface area contributed by atoms with Crippen LogP contribution in [0.5, 0.6) is 0 Å². The maximum atomic E-state index is 3.60. The van der Waals surface area contributed by atoms with Crippen LogP contribution in [0.1, 0.15) is 32.3 Å². The highest BCUT2D eigenvalue weighted by Gasteiger charge is 2.27. The van der Waals surface area contributed by atoms with Gasteiger partial charge in [0, 0.05) is 12.6 Å². The van der Waals surface area contributed by atoms with Crippen molar-refractivity contribution in [2.75, 3.05) is 6.54 Å². The van der Waals surface area contributed by atoms with E-state index in [2.05, 4.69) is 55.6 Å². The summed E-state index contributed by atoms with van der Waals surface area (Å²) in [6.07, 6.45) is 5.08. The fourth-order valence-electron chi connectivity index (χ4n) is 1.97. The molecule has 1 heteroatoms. The van der Waals surface area contributed by atoms with Crippen molar-refractivity contribution in [2.24, 2.45) is 5.92 Å². The Morgan fingerprint density at radius 1 is 1.38 bits per heavy atom. The Labute approximate surface area is 98.6 Å². The first-order valence-electron chi connectivity index (χ1n) is 6.21. The molecule has 1 unspecified atom stereocenters. The highest BCUT2D eigenvalue weighted by molar-refractivity contribution is 5.52. The summed E-state index contributed by atoms with van der Waals surface area (Å²) in [5.74, 6) is 0.935. The molecule has 1 atom stereocenters. The average Bonchev–Trinajstić information content (AvgIpc) is 3.11. The smallest absolute Gasteiger partial charge is 0.0167 e. The molecule has 0 saturated heterocycles. The Morgan fingerprint density at radius 3 is 2.69 bits per heavy atom. The zero-order valence-corrected chi connectivity index (χ0v) is 10.2. The van der Waals surface area contributed by atoms with E-state index in [0.29, 0.717) is 6.04 Å². The van der Waals surface area contributed by atoms with Crippen LogP contribution in [0.3, 0.4) is 0 Å². The molecular formula is C15H21N. The minimum absolute atomic E-state index is 0.680. The van der Waals surface area contributed by atoms with E-state index in [0.717, 1.165) is 12.5 Å². The van der Waals surface area contributed by atoms with E-state index in [1.54, 1.807) is 0 Å². The number of hydrogen-bond donors (Lipinski definition) is 1. The van der Waals surface area contributed by atoms with Gasteiger partial charge in [-0.15, -0.1) is 0 Å². The van der Waals surface area contributed by atoms with Crippen molar-refractivity contribution in [1.29, 1.82) is 0 Å². The molecule has 1 aliphatic rings. The highest BCUT2D eigenvalue weighted by Crippen LogP contribution is 2.32. The van der Waals surface area contributed by atoms with E-state index in [4.69, 9.17) is 0 Å². The van der Waals surface area contributed by atoms with Crippen molar-refractivity contribution in [3.63, 3.8) is 0 Å². The highest BCUT2D eigenvalue weighted by atomic mass is 14.9. The van der Waals surface area contributed by atoms with E-state index < -0.39 is 0 Å². The Balaban J connectivity index is 1.82. The Morgan fingerprint density at radius 2 is 2.06 bits per heavy atom. The van der Waals surface area contributed by atoms with Crippen molar-refractivity contribution in [3.05, 3.63) is 41.5 Å². The standard InChI is InChI=1S/C15H21N/c1-12(10-14-6-4-3-5-7-14)11-16-13(2)15-8-9-15/h3-7,10,13,15-16H,8-9,11H2,1-2H3/b12-10+. The maximum absolute atomic E-state index is 3.60. The molecule has 1 aromatic carbocycles. The third kappa shape index (κ3) is 3.49. The van der Waals surface area contributed by atoms with Gasteiger partial charge in [-0.3, -0.25) is 0 Å². The van der Waals surface area contributed by atoms with Crippen LogP contribution in [0.4, 0.5) is 0 Å². The molecule has 1 aromatic rings. The van der Waals surface area contributed by atoms with Crippen molar-refractivity contribution >= 4 is 6.08 Å². The van der Waals surface area contributed by atoms with Gasteiger partial charge in [-0.2, -0.15) is 0 Å². The number of rotatable bonds is 5. The van der Waals surface area contributed by atoms with Crippen LogP contribution >= 0.6 is 0 Å². The lowest BCUT2D eigenvalue weighted by Crippen LogP contribution is -2.29. The molecule has 86 valence electrons. The van der Waals surface area contributed by atoms with Gasteiger partial charge in [0.15, 0.2) is 0 Å². The van der Waals surface area contributed by atoms with Gasteiger partial charge in [-0.1, -0.05) is 42.0 Å². The molecule has 1 saturated carbocycles. The maximum Gasteiger partial charge on any atom is 0.0167 e. The molecule has 1 fully saturated rings. The summed E-state index contributed by atoms with van der Waals surface area (Å²) < 4.78 is 0. The Bertz CT molecular complexity index is 349. The SMILES string of the molecule is C/C(=C\c1ccccc1)CNC(C)C1CC1. The molecule has 0 bridgehead atoms. The van der Waals surface area contributed by atoms with Gasteiger partial charge < -0.3 is 5.32 Å². The van der Waals surface area contributed by atoms with Gasteiger partial charge in [0.05, 0.1) is 0 Å². The minimum atomic E-state index is 0.680. The van der Waals surface area contributed by atoms with Crippen LogP contribution in [0, 0.1) is 5.92 Å². The van der Waals surface area contributed by atoms with Gasteiger partial charge in [0.1, 0.15) is 0 Å². The van der Waals surface area contributed by atoms with E-state index in [-0.39, 0.29) is 0 Å². The van der Waals surface area contributed by atoms with E-state index in [1.165, 1.54) is 24.0 Å². The summed E-state index contributed by atoms with van der Waals surface area (Å²) in [4.78, 5) is 0. The molecule has 0 amide bonds. The first-order chi connectivity index (χ1) is 7.75. The summed E-state index contributed by atoms with van der Waals surface area (Å²) in [6.45, 7) is 5.50. The third-order valence-electron chi connectivity index (χ3n) is 3.24. The fourth-order valence-corrected chi connectivity index (χ4v) is 1.97. The Hall–Kier alpha value is -1.08. The first-order valence-corrected chi connectivity index (χ1v) is 6.21. The van der Waals surface area contributed by atoms with Crippen LogP contribution < -0.4 is 5.32 Å². The molecule has 0 heterocycles. The summed E-state index contributed by atoms with van der Waals surface area (Å²) in [5.41, 5.74) is 2.69. The lowest BCUT2D eigenvalue weighted by Gasteiger charge is -2.12. The van der Waals surface area contributed by atoms with Crippen molar-refractivity contribution in [3.8, 4) is 0 Å². The lowest BCUT2D eigenvalue weighted by atomic mass is 10.1. The van der Waals surface area contributed by atoms with Crippen LogP contribution in [0.2, 0.25) is 0 Å². The number of hydrogen-bond acceptors (Lipinski definition) is 1. The molecule has 0 aliphatic heterocycles. The molecule has 0 aromatic heterocycles. The van der Waals surface area contributed by atoms with Gasteiger partial charge in [0.25, 0.3) is 0 Å². The summed E-state index contributed by atoms with van der Waals surface area (Å²) in [5, 5.41) is 3.60. The van der Waals surface area contributed by atoms with Crippen LogP contribution in [0.25, 0.3) is 6.08 Å². The van der Waals surface area contributed by atoms with Gasteiger partial charge in [0.2, 0.25) is 0 Å². The second-order valence-corrected chi connectivity index (χ2v) is 4.91. The lowest BCUT2D eigenvalue weighted by molar-refractivity contribution is 0.519. The molecule has 1 nitrogen and oxygen atoms in total. The molecule has 2 rings (SSSR count). The number of nitrogens with one attached hydrogen (secondary N) is 1. The summed E-state index contributed by atoms with van der Waals surface area (Å²) in [7, 11) is 0. The van der Waals surface area contributed by atoms with Crippen molar-refractivity contribution in [2.45, 2.75) is 32.7 Å². The van der Waals surface area contributed by atoms with E-state index in [1.807, 2.05) is 0 Å². The normalized spacial score (nSPS) is 18.5. The van der Waals surface area contributed by atoms with E-state index >= 15 is 0 Å². The second-order valence-electron chi connectivity index (χ2n) is 4.91. The minimum Gasteiger partial charge on any atom is -0.310 e. The monoisotopic (exact) mass is 215 g/mol. The molecule has 0 radical (unpaired) electrons. The quantitative estimate of drug-likeness (QED) is 0.793. The number of benzene rings is 1. The van der Waals surface area contributed by atoms with Gasteiger partial charge in [-0.25, -0.2) is 0 Å². The van der Waals surface area contributed by atoms with E-state index in [9.17, 15) is 0 Å². The van der Waals surface area contributed by atoms with Crippen molar-refractivity contribution < 1.29 is 0 Å². The largest absolute Gasteiger partial charge is 0.310 e. The van der Waals surface area contributed by atoms with Crippen LogP contribution in [-0.4, -0.2) is 12.6 Å². The molecule has 0 spiro atoms. The average molecular weight is 215 g/mol. The second kappa shape index (κ2) is 5.31. The van der Waals surface area contributed by atoms with Gasteiger partial charge >= 0.3 is 0 Å². The van der Waals surface area contributed by atoms with Crippen LogP contribution in [0.15, 0.2) is 35.9 Å². The fraction of sp³-hybridized carbons (Fsp3) is 0.467. The molecular weight excluding hydrogens is 194 g/mol.